The van der Waals surface area contributed by atoms with Crippen molar-refractivity contribution < 1.29 is 19.3 Å². The third-order valence-electron chi connectivity index (χ3n) is 7.24. The SMILES string of the molecule is CC(C)c1ccc([C@](O)(c2cccc(-c3noc(CCc4cc(O)no4)n3)c2)C2(C)CN(C)C2)cc1. The van der Waals surface area contributed by atoms with E-state index >= 15 is 0 Å². The molecule has 3 heterocycles. The van der Waals surface area contributed by atoms with Crippen molar-refractivity contribution >= 4 is 0 Å². The summed E-state index contributed by atoms with van der Waals surface area (Å²) in [6.45, 7) is 8.04. The highest BCUT2D eigenvalue weighted by Gasteiger charge is 2.55. The number of aryl methyl sites for hydroxylation is 2. The predicted octanol–water partition coefficient (Wildman–Crippen LogP) is 4.53. The molecule has 8 nitrogen and oxygen atoms in total. The summed E-state index contributed by atoms with van der Waals surface area (Å²) in [5.74, 6) is 1.73. The fourth-order valence-electron chi connectivity index (χ4n) is 5.35. The Hall–Kier alpha value is -3.49. The topological polar surface area (TPSA) is 109 Å². The zero-order chi connectivity index (χ0) is 25.5. The van der Waals surface area contributed by atoms with E-state index in [1.807, 2.05) is 24.3 Å². The predicted molar refractivity (Wildman–Crippen MR) is 134 cm³/mol. The Morgan fingerprint density at radius 2 is 1.75 bits per heavy atom. The Bertz CT molecular complexity index is 1340. The molecule has 2 N–H and O–H groups in total. The van der Waals surface area contributed by atoms with Crippen molar-refractivity contribution in [3.05, 3.63) is 82.9 Å². The fourth-order valence-corrected chi connectivity index (χ4v) is 5.35. The van der Waals surface area contributed by atoms with Gasteiger partial charge in [0.1, 0.15) is 11.4 Å². The van der Waals surface area contributed by atoms with Gasteiger partial charge in [-0.15, -0.1) is 0 Å². The fraction of sp³-hybridized carbons (Fsp3) is 0.393. The van der Waals surface area contributed by atoms with Gasteiger partial charge in [-0.1, -0.05) is 68.4 Å². The van der Waals surface area contributed by atoms with Crippen LogP contribution in [0, 0.1) is 5.41 Å². The summed E-state index contributed by atoms with van der Waals surface area (Å²) in [5.41, 5.74) is 2.15. The molecule has 2 aromatic heterocycles. The average molecular weight is 489 g/mol. The molecular formula is C28H32N4O4. The number of nitrogens with zero attached hydrogens (tertiary/aromatic N) is 4. The molecule has 5 rings (SSSR count). The van der Waals surface area contributed by atoms with E-state index in [1.54, 1.807) is 0 Å². The van der Waals surface area contributed by atoms with Crippen molar-refractivity contribution in [2.45, 2.75) is 45.1 Å². The standard InChI is InChI=1S/C28H32N4O4/c1-18(2)19-8-10-21(11-9-19)28(34,27(3)16-32(4)17-27)22-7-5-6-20(14-22)26-29-25(36-31-26)13-12-23-15-24(33)30-35-23/h5-11,14-15,18,34H,12-13,16-17H2,1-4H3,(H,30,33)/t28-/m0/s1. The summed E-state index contributed by atoms with van der Waals surface area (Å²) in [6.07, 6.45) is 0.936. The molecule has 0 saturated carbocycles. The number of aromatic hydroxyl groups is 1. The second-order valence-electron chi connectivity index (χ2n) is 10.5. The molecule has 4 aromatic rings. The smallest absolute Gasteiger partial charge is 0.251 e. The van der Waals surface area contributed by atoms with Crippen molar-refractivity contribution in [3.63, 3.8) is 0 Å². The van der Waals surface area contributed by atoms with Crippen molar-refractivity contribution in [3.8, 4) is 17.3 Å². The lowest BCUT2D eigenvalue weighted by Crippen LogP contribution is -2.63. The molecule has 0 radical (unpaired) electrons. The lowest BCUT2D eigenvalue weighted by Gasteiger charge is -2.56. The largest absolute Gasteiger partial charge is 0.491 e. The normalized spacial score (nSPS) is 17.2. The van der Waals surface area contributed by atoms with Crippen LogP contribution in [0.2, 0.25) is 0 Å². The van der Waals surface area contributed by atoms with Gasteiger partial charge in [0.05, 0.1) is 0 Å². The van der Waals surface area contributed by atoms with Crippen molar-refractivity contribution in [1.29, 1.82) is 0 Å². The lowest BCUT2D eigenvalue weighted by molar-refractivity contribution is -0.127. The summed E-state index contributed by atoms with van der Waals surface area (Å²) >= 11 is 0. The van der Waals surface area contributed by atoms with E-state index in [9.17, 15) is 10.2 Å². The van der Waals surface area contributed by atoms with Crippen LogP contribution < -0.4 is 0 Å². The van der Waals surface area contributed by atoms with E-state index in [0.717, 1.165) is 29.8 Å². The van der Waals surface area contributed by atoms with Gasteiger partial charge in [-0.3, -0.25) is 0 Å². The monoisotopic (exact) mass is 488 g/mol. The highest BCUT2D eigenvalue weighted by atomic mass is 16.5. The van der Waals surface area contributed by atoms with Gasteiger partial charge in [0.2, 0.25) is 11.7 Å². The number of aromatic nitrogens is 3. The van der Waals surface area contributed by atoms with Crippen molar-refractivity contribution in [2.75, 3.05) is 20.1 Å². The van der Waals surface area contributed by atoms with Gasteiger partial charge < -0.3 is 24.2 Å². The van der Waals surface area contributed by atoms with Crippen LogP contribution >= 0.6 is 0 Å². The molecule has 36 heavy (non-hydrogen) atoms. The van der Waals surface area contributed by atoms with E-state index in [4.69, 9.17) is 9.05 Å². The minimum Gasteiger partial charge on any atom is -0.491 e. The molecule has 0 bridgehead atoms. The molecule has 1 saturated heterocycles. The molecule has 0 unspecified atom stereocenters. The van der Waals surface area contributed by atoms with Crippen LogP contribution in [0.15, 0.2) is 63.6 Å². The molecule has 1 aliphatic rings. The summed E-state index contributed by atoms with van der Waals surface area (Å²) in [6, 6.07) is 17.6. The van der Waals surface area contributed by atoms with E-state index in [-0.39, 0.29) is 11.3 Å². The van der Waals surface area contributed by atoms with Crippen LogP contribution in [-0.2, 0) is 18.4 Å². The highest BCUT2D eigenvalue weighted by Crippen LogP contribution is 2.50. The molecule has 1 aliphatic heterocycles. The van der Waals surface area contributed by atoms with Crippen LogP contribution in [0.25, 0.3) is 11.4 Å². The number of aliphatic hydroxyl groups is 1. The molecule has 188 valence electrons. The molecule has 2 aromatic carbocycles. The van der Waals surface area contributed by atoms with Crippen LogP contribution in [0.1, 0.15) is 55.0 Å². The van der Waals surface area contributed by atoms with Gasteiger partial charge in [0.15, 0.2) is 0 Å². The number of hydrogen-bond acceptors (Lipinski definition) is 8. The number of benzene rings is 2. The maximum absolute atomic E-state index is 12.4. The average Bonchev–Trinajstić information content (AvgIpc) is 3.50. The van der Waals surface area contributed by atoms with Gasteiger partial charge >= 0.3 is 0 Å². The van der Waals surface area contributed by atoms with Crippen molar-refractivity contribution in [2.24, 2.45) is 5.41 Å². The van der Waals surface area contributed by atoms with Crippen LogP contribution in [-0.4, -0.2) is 50.5 Å². The van der Waals surface area contributed by atoms with E-state index < -0.39 is 5.60 Å². The molecule has 0 spiro atoms. The van der Waals surface area contributed by atoms with Gasteiger partial charge in [0, 0.05) is 43.0 Å². The van der Waals surface area contributed by atoms with Gasteiger partial charge in [0.25, 0.3) is 5.88 Å². The van der Waals surface area contributed by atoms with Crippen molar-refractivity contribution in [1.82, 2.24) is 20.2 Å². The Morgan fingerprint density at radius 3 is 2.39 bits per heavy atom. The minimum absolute atomic E-state index is 0.147. The Labute approximate surface area is 210 Å². The van der Waals surface area contributed by atoms with Crippen LogP contribution in [0.5, 0.6) is 5.88 Å². The van der Waals surface area contributed by atoms with Crippen LogP contribution in [0.3, 0.4) is 0 Å². The van der Waals surface area contributed by atoms with E-state index in [1.165, 1.54) is 11.6 Å². The third-order valence-corrected chi connectivity index (χ3v) is 7.24. The van der Waals surface area contributed by atoms with E-state index in [2.05, 4.69) is 72.3 Å². The maximum Gasteiger partial charge on any atom is 0.251 e. The summed E-state index contributed by atoms with van der Waals surface area (Å²) < 4.78 is 10.5. The first-order valence-corrected chi connectivity index (χ1v) is 12.3. The number of rotatable bonds is 8. The quantitative estimate of drug-likeness (QED) is 0.372. The Morgan fingerprint density at radius 1 is 1.00 bits per heavy atom. The molecular weight excluding hydrogens is 456 g/mol. The first kappa shape index (κ1) is 24.2. The van der Waals surface area contributed by atoms with E-state index in [0.29, 0.717) is 36.2 Å². The first-order valence-electron chi connectivity index (χ1n) is 12.3. The summed E-state index contributed by atoms with van der Waals surface area (Å²) in [5, 5.41) is 29.4. The summed E-state index contributed by atoms with van der Waals surface area (Å²) in [4.78, 5) is 6.76. The Balaban J connectivity index is 1.46. The van der Waals surface area contributed by atoms with Gasteiger partial charge in [-0.2, -0.15) is 4.98 Å². The molecule has 8 heteroatoms. The van der Waals surface area contributed by atoms with Crippen LogP contribution in [0.4, 0.5) is 0 Å². The summed E-state index contributed by atoms with van der Waals surface area (Å²) in [7, 11) is 2.07. The molecule has 0 amide bonds. The molecule has 1 fully saturated rings. The maximum atomic E-state index is 12.4. The Kier molecular flexibility index (Phi) is 6.18. The minimum atomic E-state index is -1.19. The number of likely N-dealkylation sites (tertiary alicyclic amines) is 1. The van der Waals surface area contributed by atoms with Gasteiger partial charge in [-0.05, 0) is 40.9 Å². The highest BCUT2D eigenvalue weighted by molar-refractivity contribution is 5.57. The second kappa shape index (κ2) is 9.19. The molecule has 1 atom stereocenters. The second-order valence-corrected chi connectivity index (χ2v) is 10.5. The third kappa shape index (κ3) is 4.31. The lowest BCUT2D eigenvalue weighted by atomic mass is 9.62. The number of hydrogen-bond donors (Lipinski definition) is 2. The zero-order valence-corrected chi connectivity index (χ0v) is 21.1. The van der Waals surface area contributed by atoms with Gasteiger partial charge in [-0.25, -0.2) is 0 Å². The zero-order valence-electron chi connectivity index (χ0n) is 21.1. The first-order chi connectivity index (χ1) is 17.2. The molecule has 0 aliphatic carbocycles.